The fourth-order valence-corrected chi connectivity index (χ4v) is 2.25. The van der Waals surface area contributed by atoms with Gasteiger partial charge in [0.1, 0.15) is 0 Å². The van der Waals surface area contributed by atoms with Crippen molar-refractivity contribution < 1.29 is 4.74 Å². The molecule has 1 aromatic carbocycles. The van der Waals surface area contributed by atoms with Gasteiger partial charge in [-0.1, -0.05) is 36.4 Å². The number of nitrogens with one attached hydrogen (secondary N) is 2. The van der Waals surface area contributed by atoms with Crippen LogP contribution in [0.15, 0.2) is 59.7 Å². The van der Waals surface area contributed by atoms with Gasteiger partial charge in [-0.05, 0) is 29.9 Å². The number of hydrogen-bond acceptors (Lipinski definition) is 4. The maximum atomic E-state index is 5.79. The van der Waals surface area contributed by atoms with E-state index in [1.54, 1.807) is 6.20 Å². The van der Waals surface area contributed by atoms with Crippen LogP contribution in [0.5, 0.6) is 0 Å². The fraction of sp³-hybridized carbons (Fsp3) is 0.278. The predicted octanol–water partition coefficient (Wildman–Crippen LogP) is 1.62. The first-order valence-corrected chi connectivity index (χ1v) is 8.51. The molecule has 2 aromatic rings. The zero-order valence-corrected chi connectivity index (χ0v) is 14.8. The summed E-state index contributed by atoms with van der Waals surface area (Å²) in [5, 5.41) is 6.37. The highest BCUT2D eigenvalue weighted by Gasteiger charge is 1.99. The molecule has 0 aliphatic rings. The first-order chi connectivity index (χ1) is 12.2. The molecule has 0 saturated carbocycles. The van der Waals surface area contributed by atoms with Gasteiger partial charge in [-0.25, -0.2) is 0 Å². The van der Waals surface area contributed by atoms with E-state index in [1.165, 1.54) is 0 Å². The van der Waals surface area contributed by atoms with E-state index in [9.17, 15) is 0 Å². The summed E-state index contributed by atoms with van der Waals surface area (Å²) in [7, 11) is 0. The Morgan fingerprint density at radius 3 is 2.72 bits per heavy atom. The Balaban J connectivity index is 1.56. The summed E-state index contributed by atoms with van der Waals surface area (Å²) in [6.07, 6.45) is 2.56. The normalized spacial score (nSPS) is 11.1. The molecule has 1 heterocycles. The lowest BCUT2D eigenvalue weighted by atomic mass is 10.2. The van der Waals surface area contributed by atoms with Crippen molar-refractivity contribution >= 4 is 23.3 Å². The molecule has 0 aliphatic heterocycles. The van der Waals surface area contributed by atoms with E-state index >= 15 is 0 Å². The summed E-state index contributed by atoms with van der Waals surface area (Å²) < 4.78 is 5.54. The largest absolute Gasteiger partial charge is 0.375 e. The first kappa shape index (κ1) is 18.8. The molecule has 0 fully saturated rings. The van der Waals surface area contributed by atoms with Crippen molar-refractivity contribution in [2.45, 2.75) is 13.0 Å². The van der Waals surface area contributed by atoms with Gasteiger partial charge >= 0.3 is 0 Å². The smallest absolute Gasteiger partial charge is 0.194 e. The number of hydrogen-bond donors (Lipinski definition) is 3. The summed E-state index contributed by atoms with van der Waals surface area (Å²) >= 11 is 5.18. The Kier molecular flexibility index (Phi) is 8.37. The van der Waals surface area contributed by atoms with Crippen molar-refractivity contribution in [2.24, 2.45) is 10.7 Å². The third-order valence-electron chi connectivity index (χ3n) is 3.26. The molecule has 0 bridgehead atoms. The van der Waals surface area contributed by atoms with Crippen LogP contribution in [0.2, 0.25) is 0 Å². The van der Waals surface area contributed by atoms with Crippen LogP contribution >= 0.6 is 12.2 Å². The molecule has 0 aliphatic carbocycles. The van der Waals surface area contributed by atoms with E-state index < -0.39 is 0 Å². The van der Waals surface area contributed by atoms with E-state index in [-0.39, 0.29) is 5.96 Å². The van der Waals surface area contributed by atoms with Crippen molar-refractivity contribution in [3.63, 3.8) is 0 Å². The number of pyridine rings is 1. The minimum atomic E-state index is 0.277. The lowest BCUT2D eigenvalue weighted by molar-refractivity contribution is 0.128. The Hall–Kier alpha value is -2.51. The van der Waals surface area contributed by atoms with Crippen LogP contribution in [0.1, 0.15) is 11.3 Å². The number of thiocarbonyl (C=S) groups is 1. The molecule has 25 heavy (non-hydrogen) atoms. The maximum absolute atomic E-state index is 5.79. The SMILES string of the molecule is NC(=NCCOCc1ccccc1)NC(=S)NCCc1ccccn1. The zero-order valence-electron chi connectivity index (χ0n) is 14.0. The summed E-state index contributed by atoms with van der Waals surface area (Å²) in [6.45, 7) is 2.22. The third kappa shape index (κ3) is 8.23. The quantitative estimate of drug-likeness (QED) is 0.288. The van der Waals surface area contributed by atoms with Crippen molar-refractivity contribution in [2.75, 3.05) is 19.7 Å². The summed E-state index contributed by atoms with van der Waals surface area (Å²) in [5.74, 6) is 0.277. The van der Waals surface area contributed by atoms with E-state index in [0.29, 0.717) is 31.4 Å². The molecule has 0 radical (unpaired) electrons. The predicted molar refractivity (Wildman–Crippen MR) is 104 cm³/mol. The van der Waals surface area contributed by atoms with Crippen LogP contribution in [0.3, 0.4) is 0 Å². The first-order valence-electron chi connectivity index (χ1n) is 8.10. The van der Waals surface area contributed by atoms with Crippen molar-refractivity contribution in [1.82, 2.24) is 15.6 Å². The molecule has 132 valence electrons. The van der Waals surface area contributed by atoms with Crippen LogP contribution in [-0.4, -0.2) is 35.8 Å². The highest BCUT2D eigenvalue weighted by atomic mass is 32.1. The van der Waals surface area contributed by atoms with E-state index in [0.717, 1.165) is 17.7 Å². The molecule has 0 atom stereocenters. The van der Waals surface area contributed by atoms with Crippen LogP contribution in [0.4, 0.5) is 0 Å². The molecular weight excluding hydrogens is 334 g/mol. The van der Waals surface area contributed by atoms with Gasteiger partial charge in [-0.2, -0.15) is 0 Å². The second-order valence-electron chi connectivity index (χ2n) is 5.26. The molecule has 6 nitrogen and oxygen atoms in total. The number of aliphatic imine (C=N–C) groups is 1. The monoisotopic (exact) mass is 357 g/mol. The number of aromatic nitrogens is 1. The molecule has 0 amide bonds. The summed E-state index contributed by atoms with van der Waals surface area (Å²) in [6, 6.07) is 15.8. The number of nitrogens with two attached hydrogens (primary N) is 1. The van der Waals surface area contributed by atoms with Gasteiger partial charge in [-0.15, -0.1) is 0 Å². The van der Waals surface area contributed by atoms with Gasteiger partial charge in [0.25, 0.3) is 0 Å². The molecular formula is C18H23N5OS. The fourth-order valence-electron chi connectivity index (χ4n) is 2.05. The Morgan fingerprint density at radius 1 is 1.16 bits per heavy atom. The Bertz CT molecular complexity index is 664. The van der Waals surface area contributed by atoms with E-state index in [4.69, 9.17) is 22.7 Å². The lowest BCUT2D eigenvalue weighted by Gasteiger charge is -2.09. The second kappa shape index (κ2) is 11.1. The van der Waals surface area contributed by atoms with Crippen molar-refractivity contribution in [1.29, 1.82) is 0 Å². The molecule has 4 N–H and O–H groups in total. The van der Waals surface area contributed by atoms with Crippen LogP contribution in [0, 0.1) is 0 Å². The topological polar surface area (TPSA) is 84.6 Å². The molecule has 0 unspecified atom stereocenters. The van der Waals surface area contributed by atoms with Gasteiger partial charge in [0.15, 0.2) is 11.1 Å². The third-order valence-corrected chi connectivity index (χ3v) is 3.51. The summed E-state index contributed by atoms with van der Waals surface area (Å²) in [4.78, 5) is 8.43. The highest BCUT2D eigenvalue weighted by Crippen LogP contribution is 1.99. The zero-order chi connectivity index (χ0) is 17.7. The Morgan fingerprint density at radius 2 is 1.96 bits per heavy atom. The molecule has 0 spiro atoms. The van der Waals surface area contributed by atoms with Gasteiger partial charge < -0.3 is 21.1 Å². The minimum Gasteiger partial charge on any atom is -0.375 e. The lowest BCUT2D eigenvalue weighted by Crippen LogP contribution is -2.44. The molecule has 0 saturated heterocycles. The van der Waals surface area contributed by atoms with Gasteiger partial charge in [-0.3, -0.25) is 9.98 Å². The van der Waals surface area contributed by atoms with Gasteiger partial charge in [0, 0.05) is 24.9 Å². The van der Waals surface area contributed by atoms with Crippen LogP contribution in [-0.2, 0) is 17.8 Å². The number of nitrogens with zero attached hydrogens (tertiary/aromatic N) is 2. The average molecular weight is 357 g/mol. The van der Waals surface area contributed by atoms with Crippen LogP contribution in [0.25, 0.3) is 0 Å². The Labute approximate surface area is 153 Å². The summed E-state index contributed by atoms with van der Waals surface area (Å²) in [5.41, 5.74) is 7.94. The van der Waals surface area contributed by atoms with E-state index in [2.05, 4.69) is 20.6 Å². The van der Waals surface area contributed by atoms with E-state index in [1.807, 2.05) is 48.5 Å². The standard InChI is InChI=1S/C18H23N5OS/c19-17(21-12-13-24-14-15-6-2-1-3-7-15)23-18(25)22-11-9-16-8-4-5-10-20-16/h1-8,10H,9,11-14H2,(H4,19,21,22,23,25). The molecule has 7 heteroatoms. The number of benzene rings is 1. The molecule has 1 aromatic heterocycles. The highest BCUT2D eigenvalue weighted by molar-refractivity contribution is 7.80. The second-order valence-corrected chi connectivity index (χ2v) is 5.67. The van der Waals surface area contributed by atoms with Crippen molar-refractivity contribution in [3.8, 4) is 0 Å². The number of ether oxygens (including phenoxy) is 1. The molecule has 2 rings (SSSR count). The van der Waals surface area contributed by atoms with Gasteiger partial charge in [0.2, 0.25) is 0 Å². The van der Waals surface area contributed by atoms with Gasteiger partial charge in [0.05, 0.1) is 19.8 Å². The number of rotatable bonds is 8. The maximum Gasteiger partial charge on any atom is 0.194 e. The van der Waals surface area contributed by atoms with Crippen LogP contribution < -0.4 is 16.4 Å². The average Bonchev–Trinajstić information content (AvgIpc) is 2.63. The van der Waals surface area contributed by atoms with Crippen molar-refractivity contribution in [3.05, 3.63) is 66.0 Å². The minimum absolute atomic E-state index is 0.277. The number of guanidine groups is 1.